The van der Waals surface area contributed by atoms with Gasteiger partial charge in [0.1, 0.15) is 5.69 Å². The second-order valence-electron chi connectivity index (χ2n) is 8.85. The van der Waals surface area contributed by atoms with E-state index in [0.717, 1.165) is 6.07 Å². The average Bonchev–Trinajstić information content (AvgIpc) is 3.40. The molecule has 0 aliphatic carbocycles. The monoisotopic (exact) mass is 574 g/mol. The molecule has 0 fully saturated rings. The van der Waals surface area contributed by atoms with Crippen LogP contribution in [0.4, 0.5) is 13.2 Å². The summed E-state index contributed by atoms with van der Waals surface area (Å²) in [5.41, 5.74) is 2.04. The van der Waals surface area contributed by atoms with Crippen molar-refractivity contribution in [2.45, 2.75) is 33.0 Å². The minimum absolute atomic E-state index is 0.0679. The van der Waals surface area contributed by atoms with Crippen LogP contribution >= 0.6 is 11.6 Å². The first-order valence-electron chi connectivity index (χ1n) is 12.3. The quantitative estimate of drug-likeness (QED) is 0.229. The molecule has 206 valence electrons. The molecule has 0 atom stereocenters. The highest BCUT2D eigenvalue weighted by atomic mass is 35.5. The lowest BCUT2D eigenvalue weighted by Crippen LogP contribution is -2.30. The first-order chi connectivity index (χ1) is 19.6. The standard InChI is InChI=1S/C28H20ClF3N6O.C2H2/c1-3-23-35-36-26-24(18-8-11-21(29)12-9-18)25(19-6-4-17(14-33)5-7-19)27(39)37(38(23)26)15-20-10-13-22(28(30,31)32)34-16(20)2;1-2/h4-13H,3,15H2,1-2H3;1-2H. The number of alkyl halides is 3. The minimum atomic E-state index is -4.58. The van der Waals surface area contributed by atoms with E-state index >= 15 is 0 Å². The Bertz CT molecular complexity index is 1850. The lowest BCUT2D eigenvalue weighted by Gasteiger charge is -2.18. The van der Waals surface area contributed by atoms with E-state index in [4.69, 9.17) is 11.6 Å². The fourth-order valence-electron chi connectivity index (χ4n) is 4.47. The maximum atomic E-state index is 14.3. The third-order valence-corrected chi connectivity index (χ3v) is 6.68. The van der Waals surface area contributed by atoms with Crippen molar-refractivity contribution >= 4 is 17.2 Å². The molecule has 5 rings (SSSR count). The largest absolute Gasteiger partial charge is 0.433 e. The second kappa shape index (κ2) is 11.7. The van der Waals surface area contributed by atoms with Crippen molar-refractivity contribution in [3.63, 3.8) is 0 Å². The summed E-state index contributed by atoms with van der Waals surface area (Å²) in [4.78, 5) is 18.0. The molecule has 3 heterocycles. The summed E-state index contributed by atoms with van der Waals surface area (Å²) in [6.45, 7) is 3.28. The van der Waals surface area contributed by atoms with Gasteiger partial charge in [0.15, 0.2) is 11.5 Å². The van der Waals surface area contributed by atoms with E-state index in [-0.39, 0.29) is 12.2 Å². The lowest BCUT2D eigenvalue weighted by molar-refractivity contribution is -0.141. The third kappa shape index (κ3) is 5.56. The smallest absolute Gasteiger partial charge is 0.267 e. The summed E-state index contributed by atoms with van der Waals surface area (Å²) in [6.07, 6.45) is 3.86. The molecule has 0 aliphatic heterocycles. The molecule has 0 saturated heterocycles. The Kier molecular flexibility index (Phi) is 8.27. The number of fused-ring (bicyclic) bond motifs is 1. The molecule has 0 saturated carbocycles. The zero-order valence-corrected chi connectivity index (χ0v) is 22.7. The van der Waals surface area contributed by atoms with Crippen molar-refractivity contribution in [1.82, 2.24) is 24.4 Å². The molecule has 0 spiro atoms. The van der Waals surface area contributed by atoms with E-state index in [1.54, 1.807) is 53.0 Å². The van der Waals surface area contributed by atoms with Gasteiger partial charge in [-0.1, -0.05) is 48.9 Å². The van der Waals surface area contributed by atoms with Gasteiger partial charge in [-0.15, -0.1) is 23.0 Å². The van der Waals surface area contributed by atoms with Crippen molar-refractivity contribution in [2.75, 3.05) is 0 Å². The Morgan fingerprint density at radius 3 is 2.12 bits per heavy atom. The first kappa shape index (κ1) is 29.1. The van der Waals surface area contributed by atoms with E-state index in [9.17, 15) is 23.2 Å². The maximum Gasteiger partial charge on any atom is 0.433 e. The number of nitriles is 1. The predicted molar refractivity (Wildman–Crippen MR) is 150 cm³/mol. The zero-order valence-electron chi connectivity index (χ0n) is 21.9. The third-order valence-electron chi connectivity index (χ3n) is 6.43. The van der Waals surface area contributed by atoms with Crippen LogP contribution in [0.3, 0.4) is 0 Å². The molecule has 7 nitrogen and oxygen atoms in total. The number of aromatic nitrogens is 5. The average molecular weight is 575 g/mol. The Morgan fingerprint density at radius 2 is 1.56 bits per heavy atom. The molecule has 0 aliphatic rings. The Morgan fingerprint density at radius 1 is 0.951 bits per heavy atom. The molecule has 0 amide bonds. The number of pyridine rings is 1. The summed E-state index contributed by atoms with van der Waals surface area (Å²) in [7, 11) is 0. The Labute approximate surface area is 238 Å². The van der Waals surface area contributed by atoms with Crippen LogP contribution in [-0.4, -0.2) is 24.4 Å². The summed E-state index contributed by atoms with van der Waals surface area (Å²) in [6, 6.07) is 17.8. The van der Waals surface area contributed by atoms with Crippen LogP contribution in [0, 0.1) is 31.1 Å². The van der Waals surface area contributed by atoms with E-state index < -0.39 is 17.4 Å². The molecular weight excluding hydrogens is 553 g/mol. The molecule has 5 aromatic rings. The van der Waals surface area contributed by atoms with Crippen LogP contribution in [-0.2, 0) is 19.1 Å². The Balaban J connectivity index is 0.00000189. The van der Waals surface area contributed by atoms with Crippen molar-refractivity contribution in [2.24, 2.45) is 0 Å². The van der Waals surface area contributed by atoms with Gasteiger partial charge >= 0.3 is 6.18 Å². The first-order valence-corrected chi connectivity index (χ1v) is 12.6. The molecule has 3 aromatic heterocycles. The van der Waals surface area contributed by atoms with Crippen molar-refractivity contribution in [3.8, 4) is 41.2 Å². The zero-order chi connectivity index (χ0) is 29.9. The van der Waals surface area contributed by atoms with Crippen LogP contribution in [0.25, 0.3) is 27.9 Å². The van der Waals surface area contributed by atoms with Gasteiger partial charge in [-0.3, -0.25) is 4.79 Å². The van der Waals surface area contributed by atoms with Crippen molar-refractivity contribution in [1.29, 1.82) is 5.26 Å². The van der Waals surface area contributed by atoms with Gasteiger partial charge in [-0.05, 0) is 53.9 Å². The number of terminal acetylenes is 1. The number of aryl methyl sites for hydroxylation is 2. The van der Waals surface area contributed by atoms with Gasteiger partial charge in [0.05, 0.1) is 23.7 Å². The van der Waals surface area contributed by atoms with Gasteiger partial charge in [0.2, 0.25) is 0 Å². The van der Waals surface area contributed by atoms with Crippen LogP contribution in [0.5, 0.6) is 0 Å². The molecule has 2 aromatic carbocycles. The molecule has 0 bridgehead atoms. The fourth-order valence-corrected chi connectivity index (χ4v) is 4.59. The van der Waals surface area contributed by atoms with Crippen LogP contribution in [0.15, 0.2) is 65.5 Å². The van der Waals surface area contributed by atoms with Crippen LogP contribution in [0.1, 0.15) is 35.3 Å². The minimum Gasteiger partial charge on any atom is -0.267 e. The van der Waals surface area contributed by atoms with Crippen molar-refractivity contribution in [3.05, 3.63) is 104 Å². The summed E-state index contributed by atoms with van der Waals surface area (Å²) >= 11 is 6.13. The van der Waals surface area contributed by atoms with Gasteiger partial charge in [-0.25, -0.2) is 14.2 Å². The van der Waals surface area contributed by atoms with Crippen molar-refractivity contribution < 1.29 is 13.2 Å². The molecular formula is C30H22ClF3N6O. The highest BCUT2D eigenvalue weighted by Gasteiger charge is 2.33. The predicted octanol–water partition coefficient (Wildman–Crippen LogP) is 6.33. The topological polar surface area (TPSA) is 88.9 Å². The van der Waals surface area contributed by atoms with E-state index in [2.05, 4.69) is 34.1 Å². The van der Waals surface area contributed by atoms with Gasteiger partial charge in [0, 0.05) is 22.7 Å². The number of hydrogen-bond acceptors (Lipinski definition) is 5. The van der Waals surface area contributed by atoms with Gasteiger partial charge < -0.3 is 0 Å². The van der Waals surface area contributed by atoms with Gasteiger partial charge in [-0.2, -0.15) is 18.4 Å². The number of rotatable bonds is 5. The Hall–Kier alpha value is -4.93. The van der Waals surface area contributed by atoms with E-state index in [1.807, 2.05) is 6.92 Å². The molecule has 0 unspecified atom stereocenters. The number of benzene rings is 2. The summed E-state index contributed by atoms with van der Waals surface area (Å²) in [5, 5.41) is 18.5. The highest BCUT2D eigenvalue weighted by Crippen LogP contribution is 2.34. The van der Waals surface area contributed by atoms with E-state index in [0.29, 0.717) is 56.3 Å². The van der Waals surface area contributed by atoms with Crippen LogP contribution in [0.2, 0.25) is 5.02 Å². The van der Waals surface area contributed by atoms with Gasteiger partial charge in [0.25, 0.3) is 5.56 Å². The number of halogens is 4. The summed E-state index contributed by atoms with van der Waals surface area (Å²) in [5.74, 6) is 0.501. The molecule has 0 radical (unpaired) electrons. The normalized spacial score (nSPS) is 11.1. The highest BCUT2D eigenvalue weighted by molar-refractivity contribution is 6.30. The molecule has 41 heavy (non-hydrogen) atoms. The summed E-state index contributed by atoms with van der Waals surface area (Å²) < 4.78 is 42.7. The SMILES string of the molecule is C#C.CCc1nnc2c(-c3ccc(Cl)cc3)c(-c3ccc(C#N)cc3)c(=O)n(Cc3ccc(C(F)(F)F)nc3C)n12. The number of hydrogen-bond donors (Lipinski definition) is 0. The molecule has 0 N–H and O–H groups in total. The molecule has 11 heteroatoms. The maximum absolute atomic E-state index is 14.3. The number of nitrogens with zero attached hydrogens (tertiary/aromatic N) is 6. The lowest BCUT2D eigenvalue weighted by atomic mass is 9.96. The fraction of sp³-hybridized carbons (Fsp3) is 0.167. The second-order valence-corrected chi connectivity index (χ2v) is 9.29. The van der Waals surface area contributed by atoms with Crippen LogP contribution < -0.4 is 5.56 Å². The van der Waals surface area contributed by atoms with E-state index in [1.165, 1.54) is 17.7 Å².